The molecular weight excluding hydrogens is 232 g/mol. The van der Waals surface area contributed by atoms with Gasteiger partial charge in [-0.2, -0.15) is 0 Å². The molecule has 0 amide bonds. The van der Waals surface area contributed by atoms with Crippen molar-refractivity contribution < 1.29 is 24.3 Å². The standard InChI is InChI=1S/C10H11O.Mo/c1-3-10(2,11)9-7-5-4-6-8-9;/h4-8,11H,3H2,2H3;/q;+1. The first-order valence-corrected chi connectivity index (χ1v) is 4.80. The molecule has 62 valence electrons. The summed E-state index contributed by atoms with van der Waals surface area (Å²) in [6.45, 7) is 1.81. The van der Waals surface area contributed by atoms with Crippen LogP contribution >= 0.6 is 0 Å². The Bertz CT molecular complexity index is 284. The fourth-order valence-corrected chi connectivity index (χ4v) is 1.73. The third-order valence-electron chi connectivity index (χ3n) is 1.81. The first-order chi connectivity index (χ1) is 5.67. The molecule has 0 saturated carbocycles. The van der Waals surface area contributed by atoms with Gasteiger partial charge in [-0.25, -0.2) is 0 Å². The van der Waals surface area contributed by atoms with Gasteiger partial charge < -0.3 is 0 Å². The van der Waals surface area contributed by atoms with Crippen molar-refractivity contribution >= 4 is 0 Å². The topological polar surface area (TPSA) is 20.2 Å². The first kappa shape index (κ1) is 9.73. The molecule has 0 aliphatic rings. The van der Waals surface area contributed by atoms with Crippen LogP contribution in [0, 0.1) is 4.20 Å². The van der Waals surface area contributed by atoms with Crippen molar-refractivity contribution in [2.24, 2.45) is 0 Å². The van der Waals surface area contributed by atoms with E-state index >= 15 is 0 Å². The summed E-state index contributed by atoms with van der Waals surface area (Å²) in [5.74, 6) is 0. The molecule has 1 aromatic carbocycles. The van der Waals surface area contributed by atoms with E-state index in [0.29, 0.717) is 6.42 Å². The zero-order valence-corrected chi connectivity index (χ0v) is 8.96. The molecule has 1 unspecified atom stereocenters. The molecule has 0 radical (unpaired) electrons. The van der Waals surface area contributed by atoms with Crippen LogP contribution in [0.25, 0.3) is 0 Å². The molecule has 0 fully saturated rings. The summed E-state index contributed by atoms with van der Waals surface area (Å²) in [7, 11) is 0. The van der Waals surface area contributed by atoms with E-state index in [0.717, 1.165) is 5.56 Å². The molecule has 0 bridgehead atoms. The van der Waals surface area contributed by atoms with Crippen molar-refractivity contribution in [3.8, 4) is 4.20 Å². The van der Waals surface area contributed by atoms with E-state index in [1.165, 1.54) is 0 Å². The number of benzene rings is 1. The predicted molar refractivity (Wildman–Crippen MR) is 44.5 cm³/mol. The van der Waals surface area contributed by atoms with Crippen molar-refractivity contribution in [2.75, 3.05) is 0 Å². The summed E-state index contributed by atoms with van der Waals surface area (Å²) in [5, 5.41) is 9.92. The Kier molecular flexibility index (Phi) is 3.28. The van der Waals surface area contributed by atoms with Crippen LogP contribution in [0.15, 0.2) is 30.3 Å². The number of hydrogen-bond donors (Lipinski definition) is 1. The fourth-order valence-electron chi connectivity index (χ4n) is 1.04. The van der Waals surface area contributed by atoms with Crippen LogP contribution in [0.2, 0.25) is 0 Å². The molecule has 0 heterocycles. The number of rotatable bonds is 2. The summed E-state index contributed by atoms with van der Waals surface area (Å²) < 4.78 is 2.97. The average Bonchev–Trinajstić information content (AvgIpc) is 2.06. The van der Waals surface area contributed by atoms with Gasteiger partial charge in [0.15, 0.2) is 0 Å². The normalized spacial score (nSPS) is 14.8. The van der Waals surface area contributed by atoms with Gasteiger partial charge in [-0.05, 0) is 0 Å². The molecule has 0 spiro atoms. The van der Waals surface area contributed by atoms with Gasteiger partial charge >= 0.3 is 83.3 Å². The summed E-state index contributed by atoms with van der Waals surface area (Å²) in [6.07, 6.45) is 0.571. The molecule has 12 heavy (non-hydrogen) atoms. The van der Waals surface area contributed by atoms with Crippen LogP contribution in [-0.4, -0.2) is 5.11 Å². The van der Waals surface area contributed by atoms with Crippen LogP contribution in [-0.2, 0) is 24.8 Å². The van der Waals surface area contributed by atoms with Crippen molar-refractivity contribution in [3.05, 3.63) is 35.9 Å². The van der Waals surface area contributed by atoms with Gasteiger partial charge in [-0.3, -0.25) is 0 Å². The molecule has 0 aromatic heterocycles. The molecular formula is C10H11MoO+. The van der Waals surface area contributed by atoms with Gasteiger partial charge in [0, 0.05) is 0 Å². The van der Waals surface area contributed by atoms with Gasteiger partial charge in [0.05, 0.1) is 0 Å². The molecule has 1 nitrogen and oxygen atoms in total. The predicted octanol–water partition coefficient (Wildman–Crippen LogP) is 1.79. The van der Waals surface area contributed by atoms with Crippen LogP contribution in [0.3, 0.4) is 0 Å². The van der Waals surface area contributed by atoms with E-state index in [1.807, 2.05) is 30.3 Å². The Labute approximate surface area is 83.4 Å². The molecule has 1 rings (SSSR count). The van der Waals surface area contributed by atoms with E-state index < -0.39 is 5.60 Å². The Hall–Kier alpha value is -0.352. The van der Waals surface area contributed by atoms with Gasteiger partial charge in [-0.15, -0.1) is 0 Å². The maximum atomic E-state index is 9.92. The van der Waals surface area contributed by atoms with Gasteiger partial charge in [0.25, 0.3) is 0 Å². The Morgan fingerprint density at radius 2 is 2.00 bits per heavy atom. The average molecular weight is 243 g/mol. The summed E-state index contributed by atoms with van der Waals surface area (Å²) in [4.78, 5) is 0. The van der Waals surface area contributed by atoms with Gasteiger partial charge in [0.2, 0.25) is 0 Å². The third-order valence-corrected chi connectivity index (χ3v) is 2.17. The van der Waals surface area contributed by atoms with Crippen molar-refractivity contribution in [1.82, 2.24) is 0 Å². The van der Waals surface area contributed by atoms with E-state index in [2.05, 4.69) is 4.20 Å². The molecule has 1 aromatic rings. The fraction of sp³-hybridized carbons (Fsp3) is 0.300. The Morgan fingerprint density at radius 1 is 1.42 bits per heavy atom. The second-order valence-electron chi connectivity index (χ2n) is 2.96. The van der Waals surface area contributed by atoms with E-state index in [9.17, 15) is 5.11 Å². The Morgan fingerprint density at radius 3 is 2.50 bits per heavy atom. The van der Waals surface area contributed by atoms with Gasteiger partial charge in [-0.1, -0.05) is 0 Å². The number of hydrogen-bond acceptors (Lipinski definition) is 1. The monoisotopic (exact) mass is 245 g/mol. The number of aliphatic hydroxyl groups is 1. The van der Waals surface area contributed by atoms with Crippen molar-refractivity contribution in [2.45, 2.75) is 18.9 Å². The van der Waals surface area contributed by atoms with Crippen molar-refractivity contribution in [3.63, 3.8) is 0 Å². The zero-order valence-electron chi connectivity index (χ0n) is 6.95. The maximum absolute atomic E-state index is 9.92. The molecule has 2 heteroatoms. The summed E-state index contributed by atoms with van der Waals surface area (Å²) >= 11 is 1.76. The second-order valence-corrected chi connectivity index (χ2v) is 3.67. The zero-order chi connectivity index (χ0) is 9.03. The molecule has 1 N–H and O–H groups in total. The molecule has 0 aliphatic heterocycles. The van der Waals surface area contributed by atoms with E-state index in [-0.39, 0.29) is 0 Å². The SMILES string of the molecule is CC(O)(C[C]#[Mo+])c1ccccc1. The van der Waals surface area contributed by atoms with E-state index in [4.69, 9.17) is 0 Å². The van der Waals surface area contributed by atoms with Crippen molar-refractivity contribution in [1.29, 1.82) is 0 Å². The van der Waals surface area contributed by atoms with Crippen LogP contribution in [0.4, 0.5) is 0 Å². The summed E-state index contributed by atoms with van der Waals surface area (Å²) in [5.41, 5.74) is 0.180. The van der Waals surface area contributed by atoms with Gasteiger partial charge in [0.1, 0.15) is 0 Å². The van der Waals surface area contributed by atoms with Crippen LogP contribution in [0.5, 0.6) is 0 Å². The van der Waals surface area contributed by atoms with E-state index in [1.54, 1.807) is 26.1 Å². The van der Waals surface area contributed by atoms with Crippen LogP contribution in [0.1, 0.15) is 18.9 Å². The quantitative estimate of drug-likeness (QED) is 0.785. The first-order valence-electron chi connectivity index (χ1n) is 3.80. The Balaban J connectivity index is 2.91. The molecule has 1 atom stereocenters. The summed E-state index contributed by atoms with van der Waals surface area (Å²) in [6, 6.07) is 9.66. The molecule has 0 aliphatic carbocycles. The van der Waals surface area contributed by atoms with Crippen LogP contribution < -0.4 is 0 Å². The second kappa shape index (κ2) is 4.05. The third kappa shape index (κ3) is 2.32. The molecule has 0 saturated heterocycles. The minimum atomic E-state index is -0.765. The minimum absolute atomic E-state index is 0.571.